The molecule has 0 amide bonds. The standard InChI is InChI=1S/C10H16BrN3/c1-3-14(6-4-5-11)10-12-7-9(2)8-13-10/h7-8H,3-6H2,1-2H3. The maximum absolute atomic E-state index is 4.30. The number of alkyl halides is 1. The third-order valence-electron chi connectivity index (χ3n) is 1.99. The molecule has 0 unspecified atom stereocenters. The van der Waals surface area contributed by atoms with Crippen LogP contribution in [0.1, 0.15) is 18.9 Å². The number of halogens is 1. The van der Waals surface area contributed by atoms with Gasteiger partial charge in [-0.15, -0.1) is 0 Å². The molecule has 1 rings (SSSR count). The van der Waals surface area contributed by atoms with Crippen molar-refractivity contribution < 1.29 is 0 Å². The summed E-state index contributed by atoms with van der Waals surface area (Å²) in [6.07, 6.45) is 4.84. The molecule has 0 N–H and O–H groups in total. The van der Waals surface area contributed by atoms with Crippen LogP contribution in [0.4, 0.5) is 5.95 Å². The Morgan fingerprint density at radius 2 is 2.00 bits per heavy atom. The summed E-state index contributed by atoms with van der Waals surface area (Å²) in [6.45, 7) is 6.08. The molecule has 0 aliphatic heterocycles. The van der Waals surface area contributed by atoms with Gasteiger partial charge in [0.15, 0.2) is 0 Å². The van der Waals surface area contributed by atoms with Crippen molar-refractivity contribution in [2.24, 2.45) is 0 Å². The molecule has 0 aliphatic carbocycles. The fourth-order valence-corrected chi connectivity index (χ4v) is 1.45. The molecule has 0 radical (unpaired) electrons. The Balaban J connectivity index is 2.64. The van der Waals surface area contributed by atoms with E-state index in [-0.39, 0.29) is 0 Å². The molecule has 1 heterocycles. The van der Waals surface area contributed by atoms with E-state index < -0.39 is 0 Å². The molecule has 0 atom stereocenters. The van der Waals surface area contributed by atoms with Crippen LogP contribution in [0.25, 0.3) is 0 Å². The van der Waals surface area contributed by atoms with Gasteiger partial charge in [-0.05, 0) is 25.8 Å². The second kappa shape index (κ2) is 5.96. The predicted octanol–water partition coefficient (Wildman–Crippen LogP) is 2.40. The zero-order valence-corrected chi connectivity index (χ0v) is 10.3. The van der Waals surface area contributed by atoms with E-state index in [1.165, 1.54) is 0 Å². The molecular formula is C10H16BrN3. The molecule has 4 heteroatoms. The smallest absolute Gasteiger partial charge is 0.225 e. The van der Waals surface area contributed by atoms with Gasteiger partial charge in [-0.2, -0.15) is 0 Å². The van der Waals surface area contributed by atoms with Crippen LogP contribution in [0.15, 0.2) is 12.4 Å². The number of hydrogen-bond acceptors (Lipinski definition) is 3. The maximum atomic E-state index is 4.30. The molecule has 78 valence electrons. The van der Waals surface area contributed by atoms with Crippen LogP contribution in [0, 0.1) is 6.92 Å². The Morgan fingerprint density at radius 1 is 1.36 bits per heavy atom. The van der Waals surface area contributed by atoms with E-state index in [0.29, 0.717) is 0 Å². The third kappa shape index (κ3) is 3.25. The minimum atomic E-state index is 0.832. The Hall–Kier alpha value is -0.640. The highest BCUT2D eigenvalue weighted by Crippen LogP contribution is 2.07. The van der Waals surface area contributed by atoms with Crippen LogP contribution in [-0.4, -0.2) is 28.4 Å². The minimum absolute atomic E-state index is 0.832. The minimum Gasteiger partial charge on any atom is -0.341 e. The summed E-state index contributed by atoms with van der Waals surface area (Å²) in [5.41, 5.74) is 1.10. The summed E-state index contributed by atoms with van der Waals surface area (Å²) in [7, 11) is 0. The van der Waals surface area contributed by atoms with Gasteiger partial charge in [-0.3, -0.25) is 0 Å². The number of aryl methyl sites for hydroxylation is 1. The van der Waals surface area contributed by atoms with Crippen molar-refractivity contribution in [2.75, 3.05) is 23.3 Å². The zero-order valence-electron chi connectivity index (χ0n) is 8.70. The van der Waals surface area contributed by atoms with Crippen molar-refractivity contribution in [2.45, 2.75) is 20.3 Å². The summed E-state index contributed by atoms with van der Waals surface area (Å²) >= 11 is 3.42. The van der Waals surface area contributed by atoms with Crippen LogP contribution in [0.5, 0.6) is 0 Å². The van der Waals surface area contributed by atoms with Gasteiger partial charge in [0.05, 0.1) is 0 Å². The van der Waals surface area contributed by atoms with E-state index in [2.05, 4.69) is 37.7 Å². The van der Waals surface area contributed by atoms with Crippen molar-refractivity contribution in [1.82, 2.24) is 9.97 Å². The van der Waals surface area contributed by atoms with Crippen molar-refractivity contribution >= 4 is 21.9 Å². The number of rotatable bonds is 5. The van der Waals surface area contributed by atoms with Gasteiger partial charge in [-0.25, -0.2) is 9.97 Å². The average molecular weight is 258 g/mol. The number of aromatic nitrogens is 2. The van der Waals surface area contributed by atoms with Crippen LogP contribution < -0.4 is 4.90 Å². The molecule has 0 fully saturated rings. The van der Waals surface area contributed by atoms with E-state index in [4.69, 9.17) is 0 Å². The first kappa shape index (κ1) is 11.4. The molecule has 0 spiro atoms. The van der Waals surface area contributed by atoms with E-state index in [0.717, 1.165) is 36.4 Å². The number of anilines is 1. The summed E-state index contributed by atoms with van der Waals surface area (Å²) in [5.74, 6) is 0.832. The molecule has 14 heavy (non-hydrogen) atoms. The first-order chi connectivity index (χ1) is 6.77. The van der Waals surface area contributed by atoms with Crippen LogP contribution >= 0.6 is 15.9 Å². The molecule has 0 aliphatic rings. The highest BCUT2D eigenvalue weighted by atomic mass is 79.9. The first-order valence-electron chi connectivity index (χ1n) is 4.87. The van der Waals surface area contributed by atoms with E-state index in [1.807, 2.05) is 19.3 Å². The van der Waals surface area contributed by atoms with E-state index >= 15 is 0 Å². The second-order valence-electron chi connectivity index (χ2n) is 3.18. The van der Waals surface area contributed by atoms with Crippen molar-refractivity contribution in [1.29, 1.82) is 0 Å². The largest absolute Gasteiger partial charge is 0.341 e. The normalized spacial score (nSPS) is 10.2. The van der Waals surface area contributed by atoms with Gasteiger partial charge in [-0.1, -0.05) is 15.9 Å². The zero-order chi connectivity index (χ0) is 10.4. The molecule has 0 aromatic carbocycles. The molecule has 0 saturated carbocycles. The lowest BCUT2D eigenvalue weighted by Gasteiger charge is -2.19. The van der Waals surface area contributed by atoms with Gasteiger partial charge >= 0.3 is 0 Å². The SMILES string of the molecule is CCN(CCCBr)c1ncc(C)cn1. The lowest BCUT2D eigenvalue weighted by atomic mass is 10.4. The molecular weight excluding hydrogens is 242 g/mol. The first-order valence-corrected chi connectivity index (χ1v) is 5.99. The van der Waals surface area contributed by atoms with Gasteiger partial charge in [0, 0.05) is 30.8 Å². The summed E-state index contributed by atoms with van der Waals surface area (Å²) in [6, 6.07) is 0. The predicted molar refractivity (Wildman–Crippen MR) is 63.1 cm³/mol. The topological polar surface area (TPSA) is 29.0 Å². The highest BCUT2D eigenvalue weighted by Gasteiger charge is 2.05. The van der Waals surface area contributed by atoms with Crippen LogP contribution in [0.2, 0.25) is 0 Å². The second-order valence-corrected chi connectivity index (χ2v) is 3.98. The molecule has 1 aromatic rings. The Kier molecular flexibility index (Phi) is 4.87. The Morgan fingerprint density at radius 3 is 2.50 bits per heavy atom. The summed E-state index contributed by atoms with van der Waals surface area (Å²) < 4.78 is 0. The van der Waals surface area contributed by atoms with Gasteiger partial charge < -0.3 is 4.90 Å². The van der Waals surface area contributed by atoms with Gasteiger partial charge in [0.25, 0.3) is 0 Å². The van der Waals surface area contributed by atoms with Gasteiger partial charge in [0.1, 0.15) is 0 Å². The Bertz CT molecular complexity index is 261. The monoisotopic (exact) mass is 257 g/mol. The van der Waals surface area contributed by atoms with Gasteiger partial charge in [0.2, 0.25) is 5.95 Å². The van der Waals surface area contributed by atoms with Crippen molar-refractivity contribution in [3.05, 3.63) is 18.0 Å². The fourth-order valence-electron chi connectivity index (χ4n) is 1.20. The van der Waals surface area contributed by atoms with Crippen molar-refractivity contribution in [3.63, 3.8) is 0 Å². The maximum Gasteiger partial charge on any atom is 0.225 e. The molecule has 1 aromatic heterocycles. The molecule has 3 nitrogen and oxygen atoms in total. The van der Waals surface area contributed by atoms with Crippen LogP contribution in [-0.2, 0) is 0 Å². The highest BCUT2D eigenvalue weighted by molar-refractivity contribution is 9.09. The van der Waals surface area contributed by atoms with Crippen molar-refractivity contribution in [3.8, 4) is 0 Å². The lowest BCUT2D eigenvalue weighted by Crippen LogP contribution is -2.26. The lowest BCUT2D eigenvalue weighted by molar-refractivity contribution is 0.767. The fraction of sp³-hybridized carbons (Fsp3) is 0.600. The molecule has 0 bridgehead atoms. The molecule has 0 saturated heterocycles. The average Bonchev–Trinajstić information content (AvgIpc) is 2.21. The number of hydrogen-bond donors (Lipinski definition) is 0. The summed E-state index contributed by atoms with van der Waals surface area (Å²) in [4.78, 5) is 10.8. The van der Waals surface area contributed by atoms with E-state index in [9.17, 15) is 0 Å². The Labute approximate surface area is 93.7 Å². The summed E-state index contributed by atoms with van der Waals surface area (Å²) in [5, 5.41) is 1.02. The third-order valence-corrected chi connectivity index (χ3v) is 2.55. The van der Waals surface area contributed by atoms with Crippen LogP contribution in [0.3, 0.4) is 0 Å². The van der Waals surface area contributed by atoms with E-state index in [1.54, 1.807) is 0 Å². The number of nitrogens with zero attached hydrogens (tertiary/aromatic N) is 3. The quantitative estimate of drug-likeness (QED) is 0.759.